The summed E-state index contributed by atoms with van der Waals surface area (Å²) in [5.74, 6) is -0.390. The summed E-state index contributed by atoms with van der Waals surface area (Å²) in [5.41, 5.74) is -0.573. The summed E-state index contributed by atoms with van der Waals surface area (Å²) in [5, 5.41) is 17.2. The highest BCUT2D eigenvalue weighted by Crippen LogP contribution is 2.28. The number of hydrazone groups is 1. The van der Waals surface area contributed by atoms with Crippen molar-refractivity contribution < 1.29 is 23.9 Å². The van der Waals surface area contributed by atoms with Gasteiger partial charge in [0, 0.05) is 18.2 Å². The van der Waals surface area contributed by atoms with Gasteiger partial charge in [0.25, 0.3) is 11.6 Å². The van der Waals surface area contributed by atoms with E-state index in [0.717, 1.165) is 23.8 Å². The summed E-state index contributed by atoms with van der Waals surface area (Å²) in [6.07, 6.45) is 0. The van der Waals surface area contributed by atoms with Crippen molar-refractivity contribution in [1.82, 2.24) is 16.0 Å². The molecular formula is C36H40N6O5. The lowest BCUT2D eigenvalue weighted by molar-refractivity contribution is -0.127. The van der Waals surface area contributed by atoms with E-state index in [1.807, 2.05) is 42.5 Å². The average Bonchev–Trinajstić information content (AvgIpc) is 3.34. The van der Waals surface area contributed by atoms with Gasteiger partial charge in [-0.05, 0) is 73.8 Å². The average molecular weight is 637 g/mol. The van der Waals surface area contributed by atoms with Crippen LogP contribution in [0.25, 0.3) is 0 Å². The van der Waals surface area contributed by atoms with Gasteiger partial charge in [-0.3, -0.25) is 14.4 Å². The maximum absolute atomic E-state index is 13.9. The quantitative estimate of drug-likeness (QED) is 0.130. The summed E-state index contributed by atoms with van der Waals surface area (Å²) >= 11 is 0. The number of benzene rings is 4. The zero-order chi connectivity index (χ0) is 33.5. The Morgan fingerprint density at radius 1 is 0.745 bits per heavy atom. The minimum atomic E-state index is -1.87. The SMILES string of the molecule is CC(=O)NC1(Nc2ccccc2)C(=O)N(c2ccccc2)N=C1NC(=O)c1ccc(OCCOc2ccccc2)cc1.CCNCC. The lowest BCUT2D eigenvalue weighted by Crippen LogP contribution is -2.67. The Labute approximate surface area is 275 Å². The Morgan fingerprint density at radius 3 is 1.81 bits per heavy atom. The number of nitrogens with zero attached hydrogens (tertiary/aromatic N) is 2. The summed E-state index contributed by atoms with van der Waals surface area (Å²) in [6, 6.07) is 33.6. The van der Waals surface area contributed by atoms with Gasteiger partial charge in [-0.2, -0.15) is 5.01 Å². The standard InChI is InChI=1S/C32H29N5O5.C4H11N/c1-23(38)34-32(35-25-11-5-2-6-12-25)30(36-37(31(32)40)26-13-7-3-8-14-26)33-29(39)24-17-19-28(20-18-24)42-22-21-41-27-15-9-4-10-16-27;1-3-5-4-2/h2-20,35H,21-22H2,1H3,(H,34,38)(H,33,36,39);5H,3-4H2,1-2H3. The van der Waals surface area contributed by atoms with E-state index in [9.17, 15) is 14.4 Å². The Hall–Kier alpha value is -5.68. The van der Waals surface area contributed by atoms with Crippen molar-refractivity contribution in [3.05, 3.63) is 121 Å². The van der Waals surface area contributed by atoms with Crippen LogP contribution in [0.4, 0.5) is 11.4 Å². The molecule has 4 N–H and O–H groups in total. The van der Waals surface area contributed by atoms with E-state index >= 15 is 0 Å². The molecule has 1 aliphatic rings. The number of ether oxygens (including phenoxy) is 2. The van der Waals surface area contributed by atoms with Crippen molar-refractivity contribution in [3.63, 3.8) is 0 Å². The second kappa shape index (κ2) is 17.1. The first-order valence-electron chi connectivity index (χ1n) is 15.4. The third-order valence-electron chi connectivity index (χ3n) is 6.75. The van der Waals surface area contributed by atoms with Gasteiger partial charge in [0.1, 0.15) is 24.7 Å². The number of anilines is 2. The third kappa shape index (κ3) is 9.41. The van der Waals surface area contributed by atoms with E-state index < -0.39 is 23.4 Å². The van der Waals surface area contributed by atoms with Crippen molar-refractivity contribution in [1.29, 1.82) is 0 Å². The molecule has 1 atom stereocenters. The smallest absolute Gasteiger partial charge is 0.302 e. The van der Waals surface area contributed by atoms with Crippen LogP contribution >= 0.6 is 0 Å². The highest BCUT2D eigenvalue weighted by molar-refractivity contribution is 6.28. The van der Waals surface area contributed by atoms with Crippen LogP contribution in [0.1, 0.15) is 31.1 Å². The van der Waals surface area contributed by atoms with Crippen LogP contribution in [-0.2, 0) is 9.59 Å². The fourth-order valence-electron chi connectivity index (χ4n) is 4.57. The van der Waals surface area contributed by atoms with Crippen LogP contribution in [0.15, 0.2) is 120 Å². The number of amides is 3. The van der Waals surface area contributed by atoms with E-state index in [1.54, 1.807) is 72.8 Å². The minimum absolute atomic E-state index is 0.0845. The fraction of sp³-hybridized carbons (Fsp3) is 0.222. The zero-order valence-electron chi connectivity index (χ0n) is 26.7. The normalized spacial score (nSPS) is 15.1. The molecule has 244 valence electrons. The van der Waals surface area contributed by atoms with Crippen molar-refractivity contribution in [3.8, 4) is 11.5 Å². The molecule has 4 aromatic rings. The molecule has 11 nitrogen and oxygen atoms in total. The second-order valence-electron chi connectivity index (χ2n) is 10.3. The number of nitrogens with one attached hydrogen (secondary N) is 4. The highest BCUT2D eigenvalue weighted by atomic mass is 16.5. The maximum atomic E-state index is 13.9. The monoisotopic (exact) mass is 636 g/mol. The second-order valence-corrected chi connectivity index (χ2v) is 10.3. The maximum Gasteiger partial charge on any atom is 0.302 e. The number of carbonyl (C=O) groups is 3. The van der Waals surface area contributed by atoms with Gasteiger partial charge in [-0.1, -0.05) is 68.4 Å². The third-order valence-corrected chi connectivity index (χ3v) is 6.75. The van der Waals surface area contributed by atoms with Gasteiger partial charge in [0.2, 0.25) is 5.91 Å². The molecule has 5 rings (SSSR count). The van der Waals surface area contributed by atoms with Crippen molar-refractivity contribution in [2.75, 3.05) is 36.6 Å². The largest absolute Gasteiger partial charge is 0.490 e. The van der Waals surface area contributed by atoms with Crippen molar-refractivity contribution in [2.45, 2.75) is 26.4 Å². The number of para-hydroxylation sites is 3. The topological polar surface area (TPSA) is 133 Å². The van der Waals surface area contributed by atoms with E-state index in [1.165, 1.54) is 6.92 Å². The van der Waals surface area contributed by atoms with E-state index in [0.29, 0.717) is 35.9 Å². The van der Waals surface area contributed by atoms with Gasteiger partial charge in [0.05, 0.1) is 5.69 Å². The highest BCUT2D eigenvalue weighted by Gasteiger charge is 2.54. The minimum Gasteiger partial charge on any atom is -0.490 e. The molecule has 1 aliphatic heterocycles. The van der Waals surface area contributed by atoms with Crippen molar-refractivity contribution in [2.24, 2.45) is 5.10 Å². The molecule has 4 aromatic carbocycles. The number of hydrogen-bond acceptors (Lipinski definition) is 8. The number of amidine groups is 1. The molecule has 0 fully saturated rings. The van der Waals surface area contributed by atoms with Gasteiger partial charge in [-0.25, -0.2) is 0 Å². The van der Waals surface area contributed by atoms with E-state index in [2.05, 4.69) is 40.2 Å². The first-order valence-corrected chi connectivity index (χ1v) is 15.4. The predicted molar refractivity (Wildman–Crippen MR) is 184 cm³/mol. The molecule has 0 saturated heterocycles. The van der Waals surface area contributed by atoms with Crippen LogP contribution in [-0.4, -0.2) is 55.5 Å². The molecule has 1 heterocycles. The molecule has 1 unspecified atom stereocenters. The van der Waals surface area contributed by atoms with Crippen LogP contribution < -0.4 is 35.7 Å². The summed E-state index contributed by atoms with van der Waals surface area (Å²) in [4.78, 5) is 39.7. The van der Waals surface area contributed by atoms with Gasteiger partial charge in [0.15, 0.2) is 5.84 Å². The molecule has 11 heteroatoms. The van der Waals surface area contributed by atoms with Gasteiger partial charge >= 0.3 is 5.91 Å². The van der Waals surface area contributed by atoms with Gasteiger partial charge < -0.3 is 30.7 Å². The molecule has 3 amide bonds. The first kappa shape index (κ1) is 34.2. The van der Waals surface area contributed by atoms with Crippen LogP contribution in [0.3, 0.4) is 0 Å². The summed E-state index contributed by atoms with van der Waals surface area (Å²) in [6.45, 7) is 8.35. The molecule has 0 aliphatic carbocycles. The number of carbonyl (C=O) groups excluding carboxylic acids is 3. The lowest BCUT2D eigenvalue weighted by Gasteiger charge is -2.31. The Kier molecular flexibility index (Phi) is 12.5. The molecule has 0 bridgehead atoms. The Balaban J connectivity index is 0.000000930. The first-order chi connectivity index (χ1) is 22.9. The fourth-order valence-corrected chi connectivity index (χ4v) is 4.57. The van der Waals surface area contributed by atoms with E-state index in [-0.39, 0.29) is 5.84 Å². The molecule has 0 radical (unpaired) electrons. The summed E-state index contributed by atoms with van der Waals surface area (Å²) in [7, 11) is 0. The zero-order valence-corrected chi connectivity index (χ0v) is 26.7. The van der Waals surface area contributed by atoms with Gasteiger partial charge in [-0.15, -0.1) is 5.10 Å². The molecule has 0 aromatic heterocycles. The molecular weight excluding hydrogens is 596 g/mol. The number of rotatable bonds is 12. The Morgan fingerprint density at radius 2 is 1.28 bits per heavy atom. The molecule has 0 spiro atoms. The lowest BCUT2D eigenvalue weighted by atomic mass is 10.1. The number of hydrogen-bond donors (Lipinski definition) is 4. The van der Waals surface area contributed by atoms with Crippen LogP contribution in [0.5, 0.6) is 11.5 Å². The predicted octanol–water partition coefficient (Wildman–Crippen LogP) is 4.79. The van der Waals surface area contributed by atoms with E-state index in [4.69, 9.17) is 9.47 Å². The summed E-state index contributed by atoms with van der Waals surface area (Å²) < 4.78 is 11.4. The molecule has 47 heavy (non-hydrogen) atoms. The molecule has 0 saturated carbocycles. The van der Waals surface area contributed by atoms with Crippen LogP contribution in [0.2, 0.25) is 0 Å². The Bertz CT molecular complexity index is 1620. The van der Waals surface area contributed by atoms with Crippen molar-refractivity contribution >= 4 is 34.9 Å². The van der Waals surface area contributed by atoms with Crippen LogP contribution in [0, 0.1) is 0 Å².